The molecule has 1 heterocycles. The third-order valence-electron chi connectivity index (χ3n) is 5.74. The van der Waals surface area contributed by atoms with Gasteiger partial charge in [0.05, 0.1) is 11.1 Å². The Morgan fingerprint density at radius 2 is 1.86 bits per heavy atom. The lowest BCUT2D eigenvalue weighted by Crippen LogP contribution is -2.54. The second-order valence-corrected chi connectivity index (χ2v) is 9.36. The number of benzene rings is 1. The summed E-state index contributed by atoms with van der Waals surface area (Å²) in [5, 5.41) is 3.38. The highest BCUT2D eigenvalue weighted by Gasteiger charge is 2.49. The van der Waals surface area contributed by atoms with E-state index < -0.39 is 34.2 Å². The summed E-state index contributed by atoms with van der Waals surface area (Å²) in [6, 6.07) is 3.19. The minimum Gasteiger partial charge on any atom is -0.444 e. The number of ether oxygens (including phenoxy) is 1. The van der Waals surface area contributed by atoms with Crippen molar-refractivity contribution in [1.29, 1.82) is 0 Å². The van der Waals surface area contributed by atoms with Crippen molar-refractivity contribution < 1.29 is 27.1 Å². The summed E-state index contributed by atoms with van der Waals surface area (Å²) in [5.41, 5.74) is -2.53. The van der Waals surface area contributed by atoms with Crippen LogP contribution < -0.4 is 5.32 Å². The fraction of sp³-hybridized carbons (Fsp3) is 0.667. The van der Waals surface area contributed by atoms with Gasteiger partial charge in [0, 0.05) is 18.6 Å². The molecule has 162 valence electrons. The summed E-state index contributed by atoms with van der Waals surface area (Å²) in [7, 11) is 0. The van der Waals surface area contributed by atoms with Crippen molar-refractivity contribution in [2.24, 2.45) is 0 Å². The topological polar surface area (TPSA) is 41.6 Å². The molecule has 0 aromatic heterocycles. The summed E-state index contributed by atoms with van der Waals surface area (Å²) in [6.07, 6.45) is -2.19. The van der Waals surface area contributed by atoms with Gasteiger partial charge in [0.2, 0.25) is 0 Å². The van der Waals surface area contributed by atoms with Gasteiger partial charge in [-0.25, -0.2) is 9.18 Å². The summed E-state index contributed by atoms with van der Waals surface area (Å²) >= 11 is 0. The maximum atomic E-state index is 13.6. The largest absolute Gasteiger partial charge is 0.444 e. The van der Waals surface area contributed by atoms with Crippen LogP contribution in [0.5, 0.6) is 0 Å². The van der Waals surface area contributed by atoms with Gasteiger partial charge in [-0.2, -0.15) is 13.2 Å². The molecule has 1 amide bonds. The molecular formula is C21H28F4N2O2. The Balaban J connectivity index is 1.74. The number of nitrogens with zero attached hydrogens (tertiary/aromatic N) is 1. The van der Waals surface area contributed by atoms with Gasteiger partial charge in [0.1, 0.15) is 11.4 Å². The van der Waals surface area contributed by atoms with Crippen LogP contribution in [-0.2, 0) is 16.5 Å². The van der Waals surface area contributed by atoms with E-state index in [0.717, 1.165) is 25.0 Å². The number of carbonyl (C=O) groups is 1. The Labute approximate surface area is 168 Å². The smallest absolute Gasteiger partial charge is 0.419 e. The van der Waals surface area contributed by atoms with Gasteiger partial charge in [0.25, 0.3) is 0 Å². The third kappa shape index (κ3) is 4.68. The molecule has 29 heavy (non-hydrogen) atoms. The average molecular weight is 416 g/mol. The molecule has 1 saturated heterocycles. The zero-order valence-corrected chi connectivity index (χ0v) is 17.3. The molecule has 1 aromatic carbocycles. The van der Waals surface area contributed by atoms with E-state index in [1.165, 1.54) is 6.07 Å². The number of hydrogen-bond donors (Lipinski definition) is 1. The highest BCUT2D eigenvalue weighted by molar-refractivity contribution is 5.69. The van der Waals surface area contributed by atoms with Crippen LogP contribution in [0, 0.1) is 5.82 Å². The highest BCUT2D eigenvalue weighted by Crippen LogP contribution is 2.47. The van der Waals surface area contributed by atoms with Crippen LogP contribution >= 0.6 is 0 Å². The molecule has 0 bridgehead atoms. The predicted octanol–water partition coefficient (Wildman–Crippen LogP) is 5.21. The average Bonchev–Trinajstić information content (AvgIpc) is 3.26. The molecule has 4 nitrogen and oxygen atoms in total. The molecule has 1 aliphatic heterocycles. The maximum Gasteiger partial charge on any atom is 0.419 e. The number of halogens is 4. The van der Waals surface area contributed by atoms with Crippen LogP contribution in [0.2, 0.25) is 0 Å². The van der Waals surface area contributed by atoms with Crippen molar-refractivity contribution in [3.05, 3.63) is 35.1 Å². The van der Waals surface area contributed by atoms with Crippen molar-refractivity contribution in [2.45, 2.75) is 76.2 Å². The molecule has 0 unspecified atom stereocenters. The summed E-state index contributed by atoms with van der Waals surface area (Å²) in [6.45, 7) is 8.38. The van der Waals surface area contributed by atoms with Crippen LogP contribution in [0.4, 0.5) is 22.4 Å². The van der Waals surface area contributed by atoms with Crippen molar-refractivity contribution in [2.75, 3.05) is 13.1 Å². The normalized spacial score (nSPS) is 23.9. The number of hydrogen-bond acceptors (Lipinski definition) is 3. The molecule has 2 aliphatic rings. The van der Waals surface area contributed by atoms with E-state index in [0.29, 0.717) is 31.5 Å². The number of amides is 1. The fourth-order valence-electron chi connectivity index (χ4n) is 3.93. The van der Waals surface area contributed by atoms with Gasteiger partial charge in [-0.3, -0.25) is 0 Å². The van der Waals surface area contributed by atoms with E-state index in [4.69, 9.17) is 4.74 Å². The molecule has 1 atom stereocenters. The highest BCUT2D eigenvalue weighted by atomic mass is 19.4. The van der Waals surface area contributed by atoms with Crippen LogP contribution in [0.15, 0.2) is 18.2 Å². The van der Waals surface area contributed by atoms with E-state index in [1.807, 2.05) is 27.7 Å². The van der Waals surface area contributed by atoms with Crippen molar-refractivity contribution in [1.82, 2.24) is 10.2 Å². The Morgan fingerprint density at radius 3 is 2.41 bits per heavy atom. The monoisotopic (exact) mass is 416 g/mol. The fourth-order valence-corrected chi connectivity index (χ4v) is 3.93. The van der Waals surface area contributed by atoms with Crippen molar-refractivity contribution in [3.63, 3.8) is 0 Å². The first-order valence-electron chi connectivity index (χ1n) is 9.89. The van der Waals surface area contributed by atoms with E-state index in [9.17, 15) is 22.4 Å². The van der Waals surface area contributed by atoms with E-state index in [1.54, 1.807) is 4.90 Å². The number of likely N-dealkylation sites (tertiary alicyclic amines) is 1. The van der Waals surface area contributed by atoms with E-state index in [2.05, 4.69) is 5.32 Å². The molecule has 1 N–H and O–H groups in total. The molecule has 0 radical (unpaired) electrons. The number of nitrogens with one attached hydrogen (secondary N) is 1. The Bertz CT molecular complexity index is 784. The molecular weight excluding hydrogens is 388 g/mol. The zero-order chi connectivity index (χ0) is 21.7. The van der Waals surface area contributed by atoms with Crippen LogP contribution in [0.25, 0.3) is 0 Å². The second kappa shape index (κ2) is 7.15. The van der Waals surface area contributed by atoms with E-state index in [-0.39, 0.29) is 6.09 Å². The predicted molar refractivity (Wildman–Crippen MR) is 101 cm³/mol. The van der Waals surface area contributed by atoms with Gasteiger partial charge >= 0.3 is 12.3 Å². The minimum absolute atomic E-state index is 0.384. The van der Waals surface area contributed by atoms with Gasteiger partial charge < -0.3 is 15.0 Å². The molecule has 1 aliphatic carbocycles. The van der Waals surface area contributed by atoms with Gasteiger partial charge in [-0.1, -0.05) is 6.07 Å². The molecule has 1 saturated carbocycles. The van der Waals surface area contributed by atoms with Gasteiger partial charge in [0.15, 0.2) is 0 Å². The Hall–Kier alpha value is -1.83. The maximum absolute atomic E-state index is 13.6. The lowest BCUT2D eigenvalue weighted by Gasteiger charge is -2.38. The summed E-state index contributed by atoms with van der Waals surface area (Å²) < 4.78 is 58.4. The lowest BCUT2D eigenvalue weighted by atomic mass is 9.96. The van der Waals surface area contributed by atoms with E-state index >= 15 is 0 Å². The van der Waals surface area contributed by atoms with Crippen LogP contribution in [-0.4, -0.2) is 35.2 Å². The second-order valence-electron chi connectivity index (χ2n) is 9.36. The number of alkyl halides is 3. The first-order valence-corrected chi connectivity index (χ1v) is 9.89. The molecule has 1 aromatic rings. The Morgan fingerprint density at radius 1 is 1.21 bits per heavy atom. The van der Waals surface area contributed by atoms with Crippen molar-refractivity contribution in [3.8, 4) is 0 Å². The molecule has 0 spiro atoms. The summed E-state index contributed by atoms with van der Waals surface area (Å²) in [4.78, 5) is 14.3. The van der Waals surface area contributed by atoms with Gasteiger partial charge in [-0.15, -0.1) is 0 Å². The Kier molecular flexibility index (Phi) is 5.39. The molecule has 2 fully saturated rings. The standard InChI is InChI=1S/C21H28F4N2O2/c1-18(2,3)29-17(28)27-11-5-8-19(27,4)13-26-20(9-10-20)14-6-7-16(22)15(12-14)21(23,24)25/h6-7,12,26H,5,8-11,13H2,1-4H3/t19-/m1/s1. The quantitative estimate of drug-likeness (QED) is 0.685. The SMILES string of the molecule is CC(C)(C)OC(=O)N1CCC[C@]1(C)CNC1(c2ccc(F)c(C(F)(F)F)c2)CC1. The van der Waals surface area contributed by atoms with Crippen LogP contribution in [0.1, 0.15) is 64.5 Å². The zero-order valence-electron chi connectivity index (χ0n) is 17.3. The van der Waals surface area contributed by atoms with Crippen molar-refractivity contribution >= 4 is 6.09 Å². The number of carbonyl (C=O) groups excluding carboxylic acids is 1. The molecule has 3 rings (SSSR count). The third-order valence-corrected chi connectivity index (χ3v) is 5.74. The number of rotatable bonds is 4. The van der Waals surface area contributed by atoms with Gasteiger partial charge in [-0.05, 0) is 71.1 Å². The first kappa shape index (κ1) is 21.9. The first-order chi connectivity index (χ1) is 13.3. The summed E-state index contributed by atoms with van der Waals surface area (Å²) in [5.74, 6) is -1.27. The van der Waals surface area contributed by atoms with Crippen LogP contribution in [0.3, 0.4) is 0 Å². The molecule has 8 heteroatoms. The minimum atomic E-state index is -4.74. The lowest BCUT2D eigenvalue weighted by molar-refractivity contribution is -0.140.